The van der Waals surface area contributed by atoms with Gasteiger partial charge in [0.2, 0.25) is 0 Å². The summed E-state index contributed by atoms with van der Waals surface area (Å²) < 4.78 is 10.3. The zero-order valence-corrected chi connectivity index (χ0v) is 12.4. The van der Waals surface area contributed by atoms with Crippen LogP contribution in [0.1, 0.15) is 13.3 Å². The fourth-order valence-corrected chi connectivity index (χ4v) is 1.58. The van der Waals surface area contributed by atoms with Crippen LogP contribution >= 0.6 is 0 Å². The molecule has 0 aliphatic heterocycles. The standard InChI is InChI=1S/C15H19N3O3/c1-4-7-17-10-11(9-16)15(19)18-12-5-6-13(20-2)14(8-12)21-3/h5-6,8,10,17H,4,7H2,1-3H3,(H,18,19)/b11-10-. The molecule has 1 aromatic rings. The van der Waals surface area contributed by atoms with Crippen LogP contribution in [-0.2, 0) is 4.79 Å². The van der Waals surface area contributed by atoms with Crippen molar-refractivity contribution in [2.24, 2.45) is 0 Å². The minimum Gasteiger partial charge on any atom is -0.493 e. The number of carbonyl (C=O) groups excluding carboxylic acids is 1. The molecule has 1 aromatic carbocycles. The van der Waals surface area contributed by atoms with E-state index in [9.17, 15) is 4.79 Å². The topological polar surface area (TPSA) is 83.4 Å². The molecule has 0 aliphatic carbocycles. The Kier molecular flexibility index (Phi) is 6.61. The number of anilines is 1. The van der Waals surface area contributed by atoms with Crippen LogP contribution in [0.2, 0.25) is 0 Å². The minimum absolute atomic E-state index is 0.0123. The van der Waals surface area contributed by atoms with Crippen LogP contribution in [0.4, 0.5) is 5.69 Å². The van der Waals surface area contributed by atoms with Crippen LogP contribution in [0.15, 0.2) is 30.0 Å². The molecule has 0 saturated heterocycles. The minimum atomic E-state index is -0.478. The summed E-state index contributed by atoms with van der Waals surface area (Å²) in [6, 6.07) is 6.85. The average Bonchev–Trinajstić information content (AvgIpc) is 2.51. The lowest BCUT2D eigenvalue weighted by Gasteiger charge is -2.10. The predicted octanol–water partition coefficient (Wildman–Crippen LogP) is 2.05. The Morgan fingerprint density at radius 1 is 1.33 bits per heavy atom. The third-order valence-electron chi connectivity index (χ3n) is 2.65. The first kappa shape index (κ1) is 16.4. The van der Waals surface area contributed by atoms with E-state index in [1.165, 1.54) is 20.4 Å². The van der Waals surface area contributed by atoms with E-state index in [1.54, 1.807) is 18.2 Å². The Bertz CT molecular complexity index is 562. The molecular formula is C15H19N3O3. The molecule has 0 spiro atoms. The lowest BCUT2D eigenvalue weighted by molar-refractivity contribution is -0.112. The van der Waals surface area contributed by atoms with E-state index in [4.69, 9.17) is 14.7 Å². The maximum Gasteiger partial charge on any atom is 0.267 e. The van der Waals surface area contributed by atoms with E-state index in [0.717, 1.165) is 6.42 Å². The van der Waals surface area contributed by atoms with Crippen LogP contribution in [0.5, 0.6) is 11.5 Å². The van der Waals surface area contributed by atoms with Gasteiger partial charge in [-0.25, -0.2) is 0 Å². The average molecular weight is 289 g/mol. The first-order valence-electron chi connectivity index (χ1n) is 6.53. The molecule has 0 unspecified atom stereocenters. The van der Waals surface area contributed by atoms with Gasteiger partial charge in [-0.05, 0) is 18.6 Å². The number of methoxy groups -OCH3 is 2. The monoisotopic (exact) mass is 289 g/mol. The highest BCUT2D eigenvalue weighted by atomic mass is 16.5. The zero-order valence-electron chi connectivity index (χ0n) is 12.4. The van der Waals surface area contributed by atoms with Gasteiger partial charge in [-0.1, -0.05) is 6.92 Å². The molecular weight excluding hydrogens is 270 g/mol. The van der Waals surface area contributed by atoms with Crippen LogP contribution in [-0.4, -0.2) is 26.7 Å². The number of ether oxygens (including phenoxy) is 2. The quantitative estimate of drug-likeness (QED) is 0.456. The molecule has 0 heterocycles. The molecule has 0 saturated carbocycles. The Morgan fingerprint density at radius 3 is 2.62 bits per heavy atom. The SMILES string of the molecule is CCCN/C=C(/C#N)C(=O)Nc1ccc(OC)c(OC)c1. The molecule has 0 aromatic heterocycles. The third-order valence-corrected chi connectivity index (χ3v) is 2.65. The first-order valence-corrected chi connectivity index (χ1v) is 6.53. The summed E-state index contributed by atoms with van der Waals surface area (Å²) in [5.74, 6) is 0.589. The lowest BCUT2D eigenvalue weighted by atomic mass is 10.2. The van der Waals surface area contributed by atoms with Crippen LogP contribution in [0.25, 0.3) is 0 Å². The number of hydrogen-bond acceptors (Lipinski definition) is 5. The van der Waals surface area contributed by atoms with Crippen LogP contribution in [0, 0.1) is 11.3 Å². The van der Waals surface area contributed by atoms with Gasteiger partial charge in [0.15, 0.2) is 11.5 Å². The lowest BCUT2D eigenvalue weighted by Crippen LogP contribution is -2.17. The Labute approximate surface area is 124 Å². The number of nitriles is 1. The number of amides is 1. The van der Waals surface area contributed by atoms with Gasteiger partial charge >= 0.3 is 0 Å². The molecule has 0 bridgehead atoms. The van der Waals surface area contributed by atoms with E-state index < -0.39 is 5.91 Å². The molecule has 21 heavy (non-hydrogen) atoms. The molecule has 0 atom stereocenters. The fraction of sp³-hybridized carbons (Fsp3) is 0.333. The highest BCUT2D eigenvalue weighted by molar-refractivity contribution is 6.06. The van der Waals surface area contributed by atoms with E-state index in [1.807, 2.05) is 13.0 Å². The van der Waals surface area contributed by atoms with Crippen LogP contribution in [0.3, 0.4) is 0 Å². The Balaban J connectivity index is 2.82. The van der Waals surface area contributed by atoms with Crippen molar-refractivity contribution >= 4 is 11.6 Å². The van der Waals surface area contributed by atoms with Crippen molar-refractivity contribution in [3.05, 3.63) is 30.0 Å². The molecule has 2 N–H and O–H groups in total. The summed E-state index contributed by atoms with van der Waals surface area (Å²) in [5.41, 5.74) is 0.535. The van der Waals surface area contributed by atoms with Gasteiger partial charge in [-0.2, -0.15) is 5.26 Å². The van der Waals surface area contributed by atoms with E-state index in [2.05, 4.69) is 10.6 Å². The van der Waals surface area contributed by atoms with Crippen molar-refractivity contribution in [2.75, 3.05) is 26.1 Å². The zero-order chi connectivity index (χ0) is 15.7. The van der Waals surface area contributed by atoms with E-state index in [0.29, 0.717) is 23.7 Å². The number of carbonyl (C=O) groups is 1. The summed E-state index contributed by atoms with van der Waals surface area (Å²) in [7, 11) is 3.05. The van der Waals surface area contributed by atoms with Crippen molar-refractivity contribution in [3.8, 4) is 17.6 Å². The van der Waals surface area contributed by atoms with E-state index >= 15 is 0 Å². The summed E-state index contributed by atoms with van der Waals surface area (Å²) in [6.45, 7) is 2.70. The number of rotatable bonds is 7. The molecule has 1 rings (SSSR count). The summed E-state index contributed by atoms with van der Waals surface area (Å²) in [4.78, 5) is 12.0. The number of benzene rings is 1. The smallest absolute Gasteiger partial charge is 0.267 e. The molecule has 0 fully saturated rings. The van der Waals surface area contributed by atoms with Gasteiger partial charge in [0, 0.05) is 24.5 Å². The van der Waals surface area contributed by atoms with Crippen molar-refractivity contribution in [1.82, 2.24) is 5.32 Å². The maximum atomic E-state index is 12.0. The number of hydrogen-bond donors (Lipinski definition) is 2. The summed E-state index contributed by atoms with van der Waals surface area (Å²) in [5, 5.41) is 14.5. The van der Waals surface area contributed by atoms with Crippen molar-refractivity contribution < 1.29 is 14.3 Å². The van der Waals surface area contributed by atoms with Crippen LogP contribution < -0.4 is 20.1 Å². The second-order valence-corrected chi connectivity index (χ2v) is 4.15. The molecule has 6 heteroatoms. The highest BCUT2D eigenvalue weighted by Crippen LogP contribution is 2.29. The fourth-order valence-electron chi connectivity index (χ4n) is 1.58. The largest absolute Gasteiger partial charge is 0.493 e. The number of nitrogens with one attached hydrogen (secondary N) is 2. The molecule has 6 nitrogen and oxygen atoms in total. The first-order chi connectivity index (χ1) is 10.2. The summed E-state index contributed by atoms with van der Waals surface area (Å²) in [6.07, 6.45) is 2.33. The second-order valence-electron chi connectivity index (χ2n) is 4.15. The summed E-state index contributed by atoms with van der Waals surface area (Å²) >= 11 is 0. The van der Waals surface area contributed by atoms with Gasteiger partial charge in [-0.15, -0.1) is 0 Å². The molecule has 1 amide bonds. The van der Waals surface area contributed by atoms with Crippen molar-refractivity contribution in [2.45, 2.75) is 13.3 Å². The molecule has 0 radical (unpaired) electrons. The van der Waals surface area contributed by atoms with Gasteiger partial charge < -0.3 is 20.1 Å². The Morgan fingerprint density at radius 2 is 2.05 bits per heavy atom. The van der Waals surface area contributed by atoms with Gasteiger partial charge in [-0.3, -0.25) is 4.79 Å². The van der Waals surface area contributed by atoms with E-state index in [-0.39, 0.29) is 5.57 Å². The maximum absolute atomic E-state index is 12.0. The molecule has 112 valence electrons. The van der Waals surface area contributed by atoms with Gasteiger partial charge in [0.25, 0.3) is 5.91 Å². The van der Waals surface area contributed by atoms with Crippen molar-refractivity contribution in [1.29, 1.82) is 5.26 Å². The Hall–Kier alpha value is -2.68. The number of nitrogens with zero attached hydrogens (tertiary/aromatic N) is 1. The highest BCUT2D eigenvalue weighted by Gasteiger charge is 2.11. The second kappa shape index (κ2) is 8.48. The van der Waals surface area contributed by atoms with Gasteiger partial charge in [0.1, 0.15) is 11.6 Å². The van der Waals surface area contributed by atoms with Crippen molar-refractivity contribution in [3.63, 3.8) is 0 Å². The molecule has 0 aliphatic rings. The normalized spacial score (nSPS) is 10.5. The van der Waals surface area contributed by atoms with Gasteiger partial charge in [0.05, 0.1) is 14.2 Å². The predicted molar refractivity (Wildman–Crippen MR) is 80.2 cm³/mol. The third kappa shape index (κ3) is 4.73.